The van der Waals surface area contributed by atoms with Crippen molar-refractivity contribution in [3.05, 3.63) is 88.7 Å². The van der Waals surface area contributed by atoms with Crippen molar-refractivity contribution in [2.24, 2.45) is 0 Å². The summed E-state index contributed by atoms with van der Waals surface area (Å²) in [6.07, 6.45) is 4.11. The SMILES string of the molecule is C.COc1ccc(C2=C(c3ccc(O[C@H]4CCN(CCCF)C4)cc3)c3ccc(O)cc3CCC2)cc1F. The van der Waals surface area contributed by atoms with E-state index in [1.807, 2.05) is 30.3 Å². The maximum atomic E-state index is 14.7. The molecule has 1 aliphatic heterocycles. The third-order valence-corrected chi connectivity index (χ3v) is 7.32. The second-order valence-corrected chi connectivity index (χ2v) is 9.79. The molecule has 3 aromatic rings. The van der Waals surface area contributed by atoms with Crippen molar-refractivity contribution >= 4 is 11.1 Å². The minimum Gasteiger partial charge on any atom is -0.508 e. The summed E-state index contributed by atoms with van der Waals surface area (Å²) >= 11 is 0. The first-order chi connectivity index (χ1) is 18.1. The molecular weight excluding hydrogens is 484 g/mol. The Balaban J connectivity index is 0.00000336. The number of phenolic OH excluding ortho intramolecular Hbond substituents is 1. The van der Waals surface area contributed by atoms with Gasteiger partial charge in [-0.15, -0.1) is 0 Å². The number of aryl methyl sites for hydroxylation is 1. The van der Waals surface area contributed by atoms with Crippen LogP contribution in [-0.4, -0.2) is 49.5 Å². The molecule has 0 unspecified atom stereocenters. The van der Waals surface area contributed by atoms with Crippen molar-refractivity contribution in [3.63, 3.8) is 0 Å². The number of fused-ring (bicyclic) bond motifs is 1. The van der Waals surface area contributed by atoms with E-state index in [1.54, 1.807) is 18.2 Å². The standard InChI is InChI=1S/C31H33F2NO3.CH4/c1-36-30-13-8-23(19-29(30)33)27-5-2-4-22-18-24(35)9-12-28(22)31(27)21-6-10-25(11-7-21)37-26-14-17-34(20-26)16-3-15-32;/h6-13,18-19,26,35H,2-5,14-17,20H2,1H3;1H4/t26-;/m0./s1. The van der Waals surface area contributed by atoms with E-state index in [1.165, 1.54) is 7.11 Å². The van der Waals surface area contributed by atoms with E-state index in [9.17, 15) is 13.9 Å². The smallest absolute Gasteiger partial charge is 0.165 e. The highest BCUT2D eigenvalue weighted by molar-refractivity contribution is 6.00. The molecule has 0 bridgehead atoms. The largest absolute Gasteiger partial charge is 0.508 e. The summed E-state index contributed by atoms with van der Waals surface area (Å²) in [5, 5.41) is 10.1. The summed E-state index contributed by atoms with van der Waals surface area (Å²) in [7, 11) is 1.47. The lowest BCUT2D eigenvalue weighted by Gasteiger charge is -2.19. The number of likely N-dealkylation sites (tertiary alicyclic amines) is 1. The van der Waals surface area contributed by atoms with Crippen molar-refractivity contribution < 1.29 is 23.4 Å². The van der Waals surface area contributed by atoms with Gasteiger partial charge in [0.25, 0.3) is 0 Å². The number of methoxy groups -OCH3 is 1. The van der Waals surface area contributed by atoms with Gasteiger partial charge in [0.05, 0.1) is 13.8 Å². The predicted octanol–water partition coefficient (Wildman–Crippen LogP) is 7.28. The highest BCUT2D eigenvalue weighted by atomic mass is 19.1. The van der Waals surface area contributed by atoms with E-state index in [2.05, 4.69) is 17.0 Å². The molecule has 2 aliphatic rings. The average molecular weight is 522 g/mol. The topological polar surface area (TPSA) is 41.9 Å². The van der Waals surface area contributed by atoms with Gasteiger partial charge in [-0.05, 0) is 102 Å². The fourth-order valence-corrected chi connectivity index (χ4v) is 5.52. The van der Waals surface area contributed by atoms with E-state index >= 15 is 0 Å². The molecule has 1 N–H and O–H groups in total. The summed E-state index contributed by atoms with van der Waals surface area (Å²) < 4.78 is 38.6. The van der Waals surface area contributed by atoms with Crippen LogP contribution in [0.2, 0.25) is 0 Å². The van der Waals surface area contributed by atoms with Crippen molar-refractivity contribution in [3.8, 4) is 17.2 Å². The highest BCUT2D eigenvalue weighted by Gasteiger charge is 2.24. The zero-order chi connectivity index (χ0) is 25.8. The summed E-state index contributed by atoms with van der Waals surface area (Å²) in [6.45, 7) is 2.23. The normalized spacial score (nSPS) is 17.5. The van der Waals surface area contributed by atoms with E-state index < -0.39 is 0 Å². The molecule has 4 nitrogen and oxygen atoms in total. The van der Waals surface area contributed by atoms with E-state index in [-0.39, 0.29) is 37.5 Å². The summed E-state index contributed by atoms with van der Waals surface area (Å²) in [5.41, 5.74) is 6.09. The van der Waals surface area contributed by atoms with Crippen LogP contribution in [0.3, 0.4) is 0 Å². The van der Waals surface area contributed by atoms with Crippen molar-refractivity contribution in [1.29, 1.82) is 0 Å². The lowest BCUT2D eigenvalue weighted by molar-refractivity contribution is 0.198. The number of alkyl halides is 1. The van der Waals surface area contributed by atoms with Gasteiger partial charge in [0.15, 0.2) is 11.6 Å². The molecule has 38 heavy (non-hydrogen) atoms. The fourth-order valence-electron chi connectivity index (χ4n) is 5.52. The molecular formula is C32H37F2NO3. The first-order valence-electron chi connectivity index (χ1n) is 13.0. The van der Waals surface area contributed by atoms with Crippen LogP contribution < -0.4 is 9.47 Å². The molecule has 0 amide bonds. The number of benzene rings is 3. The number of hydrogen-bond acceptors (Lipinski definition) is 4. The van der Waals surface area contributed by atoms with Gasteiger partial charge in [0, 0.05) is 19.6 Å². The van der Waals surface area contributed by atoms with Crippen LogP contribution in [0.25, 0.3) is 11.1 Å². The van der Waals surface area contributed by atoms with Gasteiger partial charge in [-0.2, -0.15) is 0 Å². The predicted molar refractivity (Wildman–Crippen MR) is 149 cm³/mol. The molecule has 1 aliphatic carbocycles. The second kappa shape index (κ2) is 12.4. The second-order valence-electron chi connectivity index (χ2n) is 9.79. The first kappa shape index (κ1) is 27.6. The molecule has 1 fully saturated rings. The number of rotatable bonds is 8. The lowest BCUT2D eigenvalue weighted by Crippen LogP contribution is -2.26. The zero-order valence-corrected chi connectivity index (χ0v) is 21.2. The van der Waals surface area contributed by atoms with Crippen molar-refractivity contribution in [1.82, 2.24) is 4.90 Å². The molecule has 0 radical (unpaired) electrons. The third kappa shape index (κ3) is 6.02. The van der Waals surface area contributed by atoms with Crippen LogP contribution in [0.15, 0.2) is 60.7 Å². The van der Waals surface area contributed by atoms with Crippen LogP contribution in [0, 0.1) is 5.82 Å². The maximum absolute atomic E-state index is 14.7. The fraction of sp³-hybridized carbons (Fsp3) is 0.375. The van der Waals surface area contributed by atoms with Crippen LogP contribution in [0.4, 0.5) is 8.78 Å². The van der Waals surface area contributed by atoms with Gasteiger partial charge in [-0.1, -0.05) is 31.7 Å². The van der Waals surface area contributed by atoms with Crippen LogP contribution in [-0.2, 0) is 6.42 Å². The van der Waals surface area contributed by atoms with Crippen LogP contribution >= 0.6 is 0 Å². The quantitative estimate of drug-likeness (QED) is 0.338. The van der Waals surface area contributed by atoms with Gasteiger partial charge >= 0.3 is 0 Å². The molecule has 1 heterocycles. The average Bonchev–Trinajstić information content (AvgIpc) is 3.26. The van der Waals surface area contributed by atoms with E-state index in [0.717, 1.165) is 84.5 Å². The van der Waals surface area contributed by atoms with E-state index in [4.69, 9.17) is 9.47 Å². The first-order valence-corrected chi connectivity index (χ1v) is 13.0. The number of aromatic hydroxyl groups is 1. The number of allylic oxidation sites excluding steroid dienone is 1. The van der Waals surface area contributed by atoms with Crippen LogP contribution in [0.5, 0.6) is 17.2 Å². The lowest BCUT2D eigenvalue weighted by atomic mass is 9.87. The molecule has 3 aromatic carbocycles. The molecule has 1 atom stereocenters. The summed E-state index contributed by atoms with van der Waals surface area (Å²) in [6, 6.07) is 18.7. The Bertz CT molecular complexity index is 1270. The minimum absolute atomic E-state index is 0. The molecule has 0 aromatic heterocycles. The number of hydrogen-bond donors (Lipinski definition) is 1. The third-order valence-electron chi connectivity index (χ3n) is 7.32. The van der Waals surface area contributed by atoms with Crippen molar-refractivity contribution in [2.75, 3.05) is 33.4 Å². The van der Waals surface area contributed by atoms with Gasteiger partial charge in [0.2, 0.25) is 0 Å². The van der Waals surface area contributed by atoms with Crippen LogP contribution in [0.1, 0.15) is 55.4 Å². The molecule has 202 valence electrons. The monoisotopic (exact) mass is 521 g/mol. The zero-order valence-electron chi connectivity index (χ0n) is 21.2. The Morgan fingerprint density at radius 1 is 1.00 bits per heavy atom. The molecule has 0 saturated carbocycles. The Labute approximate surface area is 224 Å². The Morgan fingerprint density at radius 2 is 1.79 bits per heavy atom. The van der Waals surface area contributed by atoms with Gasteiger partial charge < -0.3 is 14.6 Å². The Morgan fingerprint density at radius 3 is 2.53 bits per heavy atom. The van der Waals surface area contributed by atoms with Gasteiger partial charge in [0.1, 0.15) is 17.6 Å². The summed E-state index contributed by atoms with van der Waals surface area (Å²) in [4.78, 5) is 2.25. The Hall–Kier alpha value is -3.38. The Kier molecular flexibility index (Phi) is 9.05. The van der Waals surface area contributed by atoms with Gasteiger partial charge in [-0.3, -0.25) is 9.29 Å². The molecule has 6 heteroatoms. The number of phenols is 1. The van der Waals surface area contributed by atoms with Crippen molar-refractivity contribution in [2.45, 2.75) is 45.6 Å². The molecule has 5 rings (SSSR count). The van der Waals surface area contributed by atoms with Gasteiger partial charge in [-0.25, -0.2) is 4.39 Å². The molecule has 1 saturated heterocycles. The number of nitrogens with zero attached hydrogens (tertiary/aromatic N) is 1. The highest BCUT2D eigenvalue weighted by Crippen LogP contribution is 2.41. The summed E-state index contributed by atoms with van der Waals surface area (Å²) in [5.74, 6) is 0.889. The van der Waals surface area contributed by atoms with E-state index in [0.29, 0.717) is 6.42 Å². The number of ether oxygens (including phenoxy) is 2. The molecule has 0 spiro atoms. The maximum Gasteiger partial charge on any atom is 0.165 e. The minimum atomic E-state index is -0.386. The number of halogens is 2.